The molecule has 1 aliphatic rings. The SMILES string of the molecule is O=S(=O)(NN1CCOCC1)c1ccc(CCCO)cc1. The molecule has 2 N–H and O–H groups in total. The summed E-state index contributed by atoms with van der Waals surface area (Å²) in [6.45, 7) is 2.30. The summed E-state index contributed by atoms with van der Waals surface area (Å²) in [5, 5.41) is 10.4. The highest BCUT2D eigenvalue weighted by Crippen LogP contribution is 2.12. The maximum Gasteiger partial charge on any atom is 0.253 e. The Balaban J connectivity index is 2.01. The monoisotopic (exact) mass is 300 g/mol. The molecule has 112 valence electrons. The molecule has 1 fully saturated rings. The molecule has 7 heteroatoms. The molecule has 0 spiro atoms. The number of nitrogens with zero attached hydrogens (tertiary/aromatic N) is 1. The predicted octanol–water partition coefficient (Wildman–Crippen LogP) is 0.137. The molecule has 1 heterocycles. The topological polar surface area (TPSA) is 78.9 Å². The van der Waals surface area contributed by atoms with Crippen molar-refractivity contribution in [2.45, 2.75) is 17.7 Å². The lowest BCUT2D eigenvalue weighted by molar-refractivity contribution is 0.0272. The normalized spacial score (nSPS) is 17.2. The number of hydrogen-bond donors (Lipinski definition) is 2. The van der Waals surface area contributed by atoms with Crippen LogP contribution in [0.5, 0.6) is 0 Å². The van der Waals surface area contributed by atoms with E-state index in [9.17, 15) is 8.42 Å². The Kier molecular flexibility index (Phi) is 5.50. The Morgan fingerprint density at radius 3 is 2.45 bits per heavy atom. The summed E-state index contributed by atoms with van der Waals surface area (Å²) in [7, 11) is -3.53. The van der Waals surface area contributed by atoms with E-state index < -0.39 is 10.0 Å². The van der Waals surface area contributed by atoms with Crippen LogP contribution in [-0.4, -0.2) is 51.4 Å². The van der Waals surface area contributed by atoms with Crippen LogP contribution >= 0.6 is 0 Å². The van der Waals surface area contributed by atoms with Gasteiger partial charge in [0.25, 0.3) is 10.0 Å². The highest BCUT2D eigenvalue weighted by atomic mass is 32.2. The molecule has 1 aromatic rings. The summed E-state index contributed by atoms with van der Waals surface area (Å²) < 4.78 is 29.6. The first-order valence-corrected chi connectivity index (χ1v) is 8.15. The molecule has 0 aromatic heterocycles. The average Bonchev–Trinajstić information content (AvgIpc) is 2.46. The summed E-state index contributed by atoms with van der Waals surface area (Å²) in [5.74, 6) is 0. The molecule has 1 aliphatic heterocycles. The number of hydrazine groups is 1. The zero-order valence-corrected chi connectivity index (χ0v) is 12.1. The highest BCUT2D eigenvalue weighted by Gasteiger charge is 2.19. The first kappa shape index (κ1) is 15.4. The van der Waals surface area contributed by atoms with Gasteiger partial charge >= 0.3 is 0 Å². The van der Waals surface area contributed by atoms with Gasteiger partial charge in [-0.2, -0.15) is 0 Å². The molecule has 0 saturated carbocycles. The van der Waals surface area contributed by atoms with Crippen LogP contribution in [-0.2, 0) is 21.2 Å². The van der Waals surface area contributed by atoms with Crippen LogP contribution in [0.4, 0.5) is 0 Å². The number of morpholine rings is 1. The quantitative estimate of drug-likeness (QED) is 0.781. The molecular weight excluding hydrogens is 280 g/mol. The minimum atomic E-state index is -3.53. The smallest absolute Gasteiger partial charge is 0.253 e. The van der Waals surface area contributed by atoms with Gasteiger partial charge in [0, 0.05) is 19.7 Å². The molecule has 2 rings (SSSR count). The van der Waals surface area contributed by atoms with E-state index in [-0.39, 0.29) is 11.5 Å². The third kappa shape index (κ3) is 4.26. The number of aliphatic hydroxyl groups is 1. The van der Waals surface area contributed by atoms with E-state index in [1.54, 1.807) is 29.3 Å². The minimum absolute atomic E-state index is 0.138. The van der Waals surface area contributed by atoms with Gasteiger partial charge in [0.15, 0.2) is 0 Å². The fourth-order valence-corrected chi connectivity index (χ4v) is 3.12. The number of rotatable bonds is 6. The third-order valence-corrected chi connectivity index (χ3v) is 4.51. The molecule has 20 heavy (non-hydrogen) atoms. The molecule has 0 unspecified atom stereocenters. The lowest BCUT2D eigenvalue weighted by atomic mass is 10.1. The van der Waals surface area contributed by atoms with E-state index in [0.29, 0.717) is 32.7 Å². The van der Waals surface area contributed by atoms with Gasteiger partial charge in [-0.25, -0.2) is 13.4 Å². The Morgan fingerprint density at radius 2 is 1.85 bits per heavy atom. The number of aryl methyl sites for hydroxylation is 1. The second kappa shape index (κ2) is 7.14. The van der Waals surface area contributed by atoms with E-state index >= 15 is 0 Å². The molecule has 0 aliphatic carbocycles. The van der Waals surface area contributed by atoms with Crippen molar-refractivity contribution in [2.24, 2.45) is 0 Å². The first-order chi connectivity index (χ1) is 9.62. The van der Waals surface area contributed by atoms with Crippen molar-refractivity contribution in [3.05, 3.63) is 29.8 Å². The first-order valence-electron chi connectivity index (χ1n) is 6.67. The fraction of sp³-hybridized carbons (Fsp3) is 0.538. The van der Waals surface area contributed by atoms with Crippen molar-refractivity contribution < 1.29 is 18.3 Å². The molecule has 6 nitrogen and oxygen atoms in total. The number of sulfonamides is 1. The summed E-state index contributed by atoms with van der Waals surface area (Å²) in [6, 6.07) is 6.75. The Bertz CT molecular complexity index is 510. The zero-order chi connectivity index (χ0) is 14.4. The number of hydrogen-bond acceptors (Lipinski definition) is 5. The largest absolute Gasteiger partial charge is 0.396 e. The molecule has 0 atom stereocenters. The zero-order valence-electron chi connectivity index (χ0n) is 11.3. The number of nitrogens with one attached hydrogen (secondary N) is 1. The lowest BCUT2D eigenvalue weighted by Crippen LogP contribution is -2.48. The Morgan fingerprint density at radius 1 is 1.20 bits per heavy atom. The van der Waals surface area contributed by atoms with Crippen molar-refractivity contribution in [3.8, 4) is 0 Å². The van der Waals surface area contributed by atoms with Gasteiger partial charge in [-0.3, -0.25) is 0 Å². The Hall–Kier alpha value is -0.990. The highest BCUT2D eigenvalue weighted by molar-refractivity contribution is 7.89. The van der Waals surface area contributed by atoms with Crippen molar-refractivity contribution >= 4 is 10.0 Å². The molecule has 0 radical (unpaired) electrons. The second-order valence-electron chi connectivity index (χ2n) is 4.67. The van der Waals surface area contributed by atoms with Crippen molar-refractivity contribution in [1.82, 2.24) is 9.84 Å². The standard InChI is InChI=1S/C13H20N2O4S/c16-9-1-2-12-3-5-13(6-4-12)20(17,18)14-15-7-10-19-11-8-15/h3-6,14,16H,1-2,7-11H2. The average molecular weight is 300 g/mol. The van der Waals surface area contributed by atoms with E-state index in [2.05, 4.69) is 4.83 Å². The van der Waals surface area contributed by atoms with Crippen molar-refractivity contribution in [1.29, 1.82) is 0 Å². The van der Waals surface area contributed by atoms with Gasteiger partial charge in [-0.1, -0.05) is 12.1 Å². The molecule has 1 aromatic carbocycles. The van der Waals surface area contributed by atoms with E-state index in [0.717, 1.165) is 12.0 Å². The second-order valence-corrected chi connectivity index (χ2v) is 6.33. The van der Waals surface area contributed by atoms with Crippen molar-refractivity contribution in [3.63, 3.8) is 0 Å². The van der Waals surface area contributed by atoms with Crippen LogP contribution in [0.25, 0.3) is 0 Å². The molecule has 1 saturated heterocycles. The number of aliphatic hydroxyl groups excluding tert-OH is 1. The maximum absolute atomic E-state index is 12.2. The number of benzene rings is 1. The van der Waals surface area contributed by atoms with E-state index in [1.165, 1.54) is 0 Å². The van der Waals surface area contributed by atoms with E-state index in [1.807, 2.05) is 0 Å². The predicted molar refractivity (Wildman–Crippen MR) is 74.6 cm³/mol. The lowest BCUT2D eigenvalue weighted by Gasteiger charge is -2.26. The van der Waals surface area contributed by atoms with Gasteiger partial charge in [0.1, 0.15) is 0 Å². The summed E-state index contributed by atoms with van der Waals surface area (Å²) >= 11 is 0. The van der Waals surface area contributed by atoms with Gasteiger partial charge in [0.05, 0.1) is 18.1 Å². The van der Waals surface area contributed by atoms with Crippen LogP contribution in [0.1, 0.15) is 12.0 Å². The summed E-state index contributed by atoms with van der Waals surface area (Å²) in [4.78, 5) is 2.81. The summed E-state index contributed by atoms with van der Waals surface area (Å²) in [6.07, 6.45) is 1.42. The van der Waals surface area contributed by atoms with Crippen molar-refractivity contribution in [2.75, 3.05) is 32.9 Å². The van der Waals surface area contributed by atoms with Gasteiger partial charge in [-0.05, 0) is 30.5 Å². The minimum Gasteiger partial charge on any atom is -0.396 e. The van der Waals surface area contributed by atoms with Crippen LogP contribution in [0, 0.1) is 0 Å². The van der Waals surface area contributed by atoms with E-state index in [4.69, 9.17) is 9.84 Å². The number of ether oxygens (including phenoxy) is 1. The Labute approximate surface area is 119 Å². The van der Waals surface area contributed by atoms with Gasteiger partial charge < -0.3 is 9.84 Å². The third-order valence-electron chi connectivity index (χ3n) is 3.12. The maximum atomic E-state index is 12.2. The van der Waals surface area contributed by atoms with Crippen LogP contribution in [0.3, 0.4) is 0 Å². The van der Waals surface area contributed by atoms with Gasteiger partial charge in [-0.15, -0.1) is 4.83 Å². The summed E-state index contributed by atoms with van der Waals surface area (Å²) in [5.41, 5.74) is 1.02. The fourth-order valence-electron chi connectivity index (χ4n) is 2.00. The van der Waals surface area contributed by atoms with Crippen LogP contribution < -0.4 is 4.83 Å². The molecule has 0 amide bonds. The van der Waals surface area contributed by atoms with Gasteiger partial charge in [0.2, 0.25) is 0 Å². The molecule has 0 bridgehead atoms. The van der Waals surface area contributed by atoms with Crippen LogP contribution in [0.2, 0.25) is 0 Å². The molecular formula is C13H20N2O4S. The van der Waals surface area contributed by atoms with Crippen LogP contribution in [0.15, 0.2) is 29.2 Å².